The van der Waals surface area contributed by atoms with Crippen molar-refractivity contribution in [3.63, 3.8) is 0 Å². The zero-order chi connectivity index (χ0) is 13.9. The van der Waals surface area contributed by atoms with Crippen molar-refractivity contribution in [1.29, 1.82) is 0 Å². The first kappa shape index (κ1) is 13.1. The molecule has 2 aromatic rings. The van der Waals surface area contributed by atoms with Crippen molar-refractivity contribution in [2.24, 2.45) is 5.84 Å². The SMILES string of the molecule is CCn1cc(-c2nc3c(c(NN)n2)CCCCC3)cn1. The van der Waals surface area contributed by atoms with Gasteiger partial charge in [-0.1, -0.05) is 6.42 Å². The lowest BCUT2D eigenvalue weighted by atomic mass is 10.1. The molecule has 6 nitrogen and oxygen atoms in total. The molecular formula is C14H20N6. The molecule has 0 amide bonds. The number of nitrogens with one attached hydrogen (secondary N) is 1. The van der Waals surface area contributed by atoms with E-state index in [2.05, 4.69) is 22.4 Å². The number of hydrogen-bond donors (Lipinski definition) is 2. The van der Waals surface area contributed by atoms with Crippen LogP contribution in [0, 0.1) is 0 Å². The molecule has 0 saturated carbocycles. The van der Waals surface area contributed by atoms with Crippen molar-refractivity contribution in [3.05, 3.63) is 23.7 Å². The summed E-state index contributed by atoms with van der Waals surface area (Å²) in [5.41, 5.74) is 5.98. The molecule has 0 fully saturated rings. The minimum absolute atomic E-state index is 0.707. The highest BCUT2D eigenvalue weighted by Crippen LogP contribution is 2.27. The highest BCUT2D eigenvalue weighted by atomic mass is 15.3. The van der Waals surface area contributed by atoms with Crippen molar-refractivity contribution in [3.8, 4) is 11.4 Å². The maximum absolute atomic E-state index is 5.64. The largest absolute Gasteiger partial charge is 0.308 e. The predicted molar refractivity (Wildman–Crippen MR) is 78.0 cm³/mol. The number of hydrazine groups is 1. The third-order valence-electron chi connectivity index (χ3n) is 3.79. The van der Waals surface area contributed by atoms with Crippen LogP contribution in [-0.4, -0.2) is 19.7 Å². The third-order valence-corrected chi connectivity index (χ3v) is 3.79. The lowest BCUT2D eigenvalue weighted by Gasteiger charge is -2.11. The van der Waals surface area contributed by atoms with Crippen molar-refractivity contribution in [1.82, 2.24) is 19.7 Å². The number of nitrogen functional groups attached to an aromatic ring is 1. The van der Waals surface area contributed by atoms with E-state index in [0.29, 0.717) is 5.82 Å². The first-order valence-corrected chi connectivity index (χ1v) is 7.21. The van der Waals surface area contributed by atoms with Crippen molar-refractivity contribution in [2.75, 3.05) is 5.43 Å². The maximum Gasteiger partial charge on any atom is 0.165 e. The summed E-state index contributed by atoms with van der Waals surface area (Å²) in [6.07, 6.45) is 9.38. The Bertz CT molecular complexity index is 604. The highest BCUT2D eigenvalue weighted by molar-refractivity contribution is 5.58. The van der Waals surface area contributed by atoms with Crippen molar-refractivity contribution < 1.29 is 0 Å². The molecule has 2 aromatic heterocycles. The number of aryl methyl sites for hydroxylation is 2. The number of fused-ring (bicyclic) bond motifs is 1. The Balaban J connectivity index is 2.05. The Hall–Kier alpha value is -1.95. The summed E-state index contributed by atoms with van der Waals surface area (Å²) < 4.78 is 1.87. The zero-order valence-electron chi connectivity index (χ0n) is 11.8. The van der Waals surface area contributed by atoms with E-state index in [0.717, 1.165) is 36.5 Å². The maximum atomic E-state index is 5.64. The number of hydrogen-bond acceptors (Lipinski definition) is 5. The fourth-order valence-corrected chi connectivity index (χ4v) is 2.67. The average molecular weight is 272 g/mol. The molecule has 2 heterocycles. The van der Waals surface area contributed by atoms with E-state index in [4.69, 9.17) is 10.8 Å². The molecule has 6 heteroatoms. The average Bonchev–Trinajstić information content (AvgIpc) is 2.84. The van der Waals surface area contributed by atoms with E-state index in [1.54, 1.807) is 0 Å². The molecular weight excluding hydrogens is 252 g/mol. The van der Waals surface area contributed by atoms with Gasteiger partial charge in [0.1, 0.15) is 5.82 Å². The van der Waals surface area contributed by atoms with E-state index in [9.17, 15) is 0 Å². The lowest BCUT2D eigenvalue weighted by Crippen LogP contribution is -2.14. The van der Waals surface area contributed by atoms with Crippen LogP contribution in [-0.2, 0) is 19.4 Å². The molecule has 0 bridgehead atoms. The molecule has 0 aromatic carbocycles. The van der Waals surface area contributed by atoms with Crippen LogP contribution in [0.25, 0.3) is 11.4 Å². The van der Waals surface area contributed by atoms with Gasteiger partial charge in [0.05, 0.1) is 11.8 Å². The Labute approximate surface area is 118 Å². The van der Waals surface area contributed by atoms with Gasteiger partial charge in [0.2, 0.25) is 0 Å². The van der Waals surface area contributed by atoms with Gasteiger partial charge in [-0.05, 0) is 32.6 Å². The second kappa shape index (κ2) is 5.58. The number of rotatable bonds is 3. The minimum Gasteiger partial charge on any atom is -0.308 e. The Morgan fingerprint density at radius 2 is 2.10 bits per heavy atom. The third kappa shape index (κ3) is 2.38. The van der Waals surface area contributed by atoms with Gasteiger partial charge in [-0.2, -0.15) is 5.10 Å². The second-order valence-electron chi connectivity index (χ2n) is 5.11. The van der Waals surface area contributed by atoms with E-state index in [1.165, 1.54) is 24.8 Å². The van der Waals surface area contributed by atoms with Gasteiger partial charge in [-0.3, -0.25) is 4.68 Å². The van der Waals surface area contributed by atoms with Gasteiger partial charge in [-0.15, -0.1) is 0 Å². The minimum atomic E-state index is 0.707. The Morgan fingerprint density at radius 3 is 2.85 bits per heavy atom. The molecule has 3 N–H and O–H groups in total. The zero-order valence-corrected chi connectivity index (χ0v) is 11.8. The van der Waals surface area contributed by atoms with E-state index >= 15 is 0 Å². The first-order chi connectivity index (χ1) is 9.81. The summed E-state index contributed by atoms with van der Waals surface area (Å²) in [4.78, 5) is 9.30. The van der Waals surface area contributed by atoms with E-state index < -0.39 is 0 Å². The molecule has 0 saturated heterocycles. The first-order valence-electron chi connectivity index (χ1n) is 7.21. The van der Waals surface area contributed by atoms with Crippen LogP contribution in [0.5, 0.6) is 0 Å². The van der Waals surface area contributed by atoms with Crippen LogP contribution in [0.3, 0.4) is 0 Å². The molecule has 3 rings (SSSR count). The molecule has 20 heavy (non-hydrogen) atoms. The van der Waals surface area contributed by atoms with Crippen LogP contribution in [0.15, 0.2) is 12.4 Å². The highest BCUT2D eigenvalue weighted by Gasteiger charge is 2.17. The van der Waals surface area contributed by atoms with Crippen molar-refractivity contribution in [2.45, 2.75) is 45.6 Å². The standard InChI is InChI=1S/C14H20N6/c1-2-20-9-10(8-16-20)13-17-12-7-5-3-4-6-11(12)14(18-13)19-15/h8-9H,2-7,15H2,1H3,(H,17,18,19). The van der Waals surface area contributed by atoms with Crippen LogP contribution in [0.4, 0.5) is 5.82 Å². The van der Waals surface area contributed by atoms with Crippen LogP contribution >= 0.6 is 0 Å². The Morgan fingerprint density at radius 1 is 1.25 bits per heavy atom. The predicted octanol–water partition coefficient (Wildman–Crippen LogP) is 1.91. The number of nitrogens with two attached hydrogens (primary N) is 1. The fourth-order valence-electron chi connectivity index (χ4n) is 2.67. The molecule has 0 radical (unpaired) electrons. The number of nitrogens with zero attached hydrogens (tertiary/aromatic N) is 4. The lowest BCUT2D eigenvalue weighted by molar-refractivity contribution is 0.660. The summed E-state index contributed by atoms with van der Waals surface area (Å²) in [5.74, 6) is 7.11. The molecule has 0 unspecified atom stereocenters. The second-order valence-corrected chi connectivity index (χ2v) is 5.11. The summed E-state index contributed by atoms with van der Waals surface area (Å²) in [5, 5.41) is 4.28. The number of aromatic nitrogens is 4. The monoisotopic (exact) mass is 272 g/mol. The summed E-state index contributed by atoms with van der Waals surface area (Å²) in [6.45, 7) is 2.90. The molecule has 1 aliphatic carbocycles. The normalized spacial score (nSPS) is 14.7. The smallest absolute Gasteiger partial charge is 0.165 e. The van der Waals surface area contributed by atoms with E-state index in [1.807, 2.05) is 17.1 Å². The molecule has 0 aliphatic heterocycles. The Kier molecular flexibility index (Phi) is 3.64. The van der Waals surface area contributed by atoms with Gasteiger partial charge in [0, 0.05) is 24.0 Å². The molecule has 106 valence electrons. The molecule has 0 atom stereocenters. The van der Waals surface area contributed by atoms with Gasteiger partial charge < -0.3 is 5.43 Å². The summed E-state index contributed by atoms with van der Waals surface area (Å²) >= 11 is 0. The van der Waals surface area contributed by atoms with E-state index in [-0.39, 0.29) is 0 Å². The number of anilines is 1. The van der Waals surface area contributed by atoms with Crippen LogP contribution < -0.4 is 11.3 Å². The summed E-state index contributed by atoms with van der Waals surface area (Å²) in [6, 6.07) is 0. The fraction of sp³-hybridized carbons (Fsp3) is 0.500. The molecule has 0 spiro atoms. The molecule has 1 aliphatic rings. The van der Waals surface area contributed by atoms with Gasteiger partial charge >= 0.3 is 0 Å². The van der Waals surface area contributed by atoms with Crippen LogP contribution in [0.1, 0.15) is 37.4 Å². The topological polar surface area (TPSA) is 81.7 Å². The van der Waals surface area contributed by atoms with Gasteiger partial charge in [-0.25, -0.2) is 15.8 Å². The summed E-state index contributed by atoms with van der Waals surface area (Å²) in [7, 11) is 0. The quantitative estimate of drug-likeness (QED) is 0.507. The van der Waals surface area contributed by atoms with Crippen molar-refractivity contribution >= 4 is 5.82 Å². The van der Waals surface area contributed by atoms with Crippen LogP contribution in [0.2, 0.25) is 0 Å². The van der Waals surface area contributed by atoms with Gasteiger partial charge in [0.25, 0.3) is 0 Å². The van der Waals surface area contributed by atoms with Gasteiger partial charge in [0.15, 0.2) is 5.82 Å².